The number of hydrogen-bond acceptors (Lipinski definition) is 5. The molecule has 10 heteroatoms. The van der Waals surface area contributed by atoms with Crippen LogP contribution in [0.4, 0.5) is 5.95 Å². The second-order valence-corrected chi connectivity index (χ2v) is 7.69. The van der Waals surface area contributed by atoms with Crippen molar-refractivity contribution in [3.63, 3.8) is 0 Å². The average molecular weight is 429 g/mol. The smallest absolute Gasteiger partial charge is 0.258 e. The lowest BCUT2D eigenvalue weighted by Gasteiger charge is -2.19. The van der Waals surface area contributed by atoms with Crippen LogP contribution < -0.4 is 10.9 Å². The van der Waals surface area contributed by atoms with Gasteiger partial charge in [-0.15, -0.1) is 5.10 Å². The molecule has 0 saturated carbocycles. The summed E-state index contributed by atoms with van der Waals surface area (Å²) in [6, 6.07) is 6.07. The molecule has 9 nitrogen and oxygen atoms in total. The van der Waals surface area contributed by atoms with Crippen LogP contribution in [-0.2, 0) is 11.3 Å². The Kier molecular flexibility index (Phi) is 5.80. The van der Waals surface area contributed by atoms with Gasteiger partial charge in [0.15, 0.2) is 0 Å². The second-order valence-electron chi connectivity index (χ2n) is 7.25. The van der Waals surface area contributed by atoms with Gasteiger partial charge in [0.2, 0.25) is 17.4 Å². The molecule has 156 valence electrons. The Morgan fingerprint density at radius 2 is 1.90 bits per heavy atom. The van der Waals surface area contributed by atoms with Gasteiger partial charge in [-0.3, -0.25) is 19.7 Å². The molecule has 0 atom stereocenters. The van der Waals surface area contributed by atoms with E-state index in [9.17, 15) is 14.4 Å². The first-order valence-corrected chi connectivity index (χ1v) is 10.2. The van der Waals surface area contributed by atoms with Crippen molar-refractivity contribution in [2.75, 3.05) is 18.4 Å². The maximum absolute atomic E-state index is 12.7. The Hall–Kier alpha value is -3.20. The van der Waals surface area contributed by atoms with Crippen molar-refractivity contribution in [3.8, 4) is 0 Å². The molecule has 3 aromatic rings. The molecule has 2 aromatic heterocycles. The van der Waals surface area contributed by atoms with E-state index in [2.05, 4.69) is 20.4 Å². The molecule has 1 aliphatic rings. The van der Waals surface area contributed by atoms with Gasteiger partial charge in [-0.25, -0.2) is 9.67 Å². The quantitative estimate of drug-likeness (QED) is 0.662. The number of halogens is 1. The molecule has 0 radical (unpaired) electrons. The summed E-state index contributed by atoms with van der Waals surface area (Å²) >= 11 is 6.03. The van der Waals surface area contributed by atoms with Gasteiger partial charge in [-0.1, -0.05) is 24.4 Å². The summed E-state index contributed by atoms with van der Waals surface area (Å²) in [5.41, 5.74) is 0.253. The van der Waals surface area contributed by atoms with Gasteiger partial charge in [-0.05, 0) is 31.0 Å². The van der Waals surface area contributed by atoms with Gasteiger partial charge >= 0.3 is 0 Å². The molecular weight excluding hydrogens is 408 g/mol. The summed E-state index contributed by atoms with van der Waals surface area (Å²) in [5, 5.41) is 7.70. The molecule has 0 spiro atoms. The van der Waals surface area contributed by atoms with Gasteiger partial charge in [0.25, 0.3) is 5.91 Å². The molecule has 2 amide bonds. The van der Waals surface area contributed by atoms with Crippen LogP contribution in [0.15, 0.2) is 35.4 Å². The van der Waals surface area contributed by atoms with Gasteiger partial charge in [-0.2, -0.15) is 0 Å². The van der Waals surface area contributed by atoms with Crippen molar-refractivity contribution < 1.29 is 9.59 Å². The van der Waals surface area contributed by atoms with E-state index >= 15 is 0 Å². The zero-order chi connectivity index (χ0) is 21.1. The third kappa shape index (κ3) is 4.51. The van der Waals surface area contributed by atoms with E-state index in [0.717, 1.165) is 38.8 Å². The van der Waals surface area contributed by atoms with Gasteiger partial charge in [0.1, 0.15) is 12.9 Å². The van der Waals surface area contributed by atoms with Crippen molar-refractivity contribution in [2.24, 2.45) is 0 Å². The number of benzene rings is 1. The number of carbonyl (C=O) groups excluding carboxylic acids is 2. The standard InChI is InChI=1S/C20H21ClN6O3/c21-13-5-6-16-14(9-13)15(10-17(28)23-16)19(30)24-20-22-12-27(25-20)11-18(29)26-7-3-1-2-4-8-26/h5-6,9-10,12H,1-4,7-8,11H2,(H,23,28)(H,24,25,30). The molecule has 1 fully saturated rings. The molecule has 4 rings (SSSR count). The molecule has 0 aliphatic carbocycles. The van der Waals surface area contributed by atoms with Crippen LogP contribution in [0.5, 0.6) is 0 Å². The minimum absolute atomic E-state index is 0.0186. The zero-order valence-electron chi connectivity index (χ0n) is 16.2. The largest absolute Gasteiger partial charge is 0.341 e. The second kappa shape index (κ2) is 8.66. The highest BCUT2D eigenvalue weighted by molar-refractivity contribution is 6.31. The average Bonchev–Trinajstić information content (AvgIpc) is 2.97. The number of pyridine rings is 1. The summed E-state index contributed by atoms with van der Waals surface area (Å²) in [5.74, 6) is -0.501. The maximum atomic E-state index is 12.7. The normalized spacial score (nSPS) is 14.5. The molecular formula is C20H21ClN6O3. The van der Waals surface area contributed by atoms with Gasteiger partial charge < -0.3 is 9.88 Å². The van der Waals surface area contributed by atoms with Crippen LogP contribution in [0.2, 0.25) is 5.02 Å². The lowest BCUT2D eigenvalue weighted by Crippen LogP contribution is -2.34. The lowest BCUT2D eigenvalue weighted by atomic mass is 10.1. The predicted octanol–water partition coefficient (Wildman–Crippen LogP) is 2.43. The summed E-state index contributed by atoms with van der Waals surface area (Å²) in [6.45, 7) is 1.58. The zero-order valence-corrected chi connectivity index (χ0v) is 17.0. The third-order valence-electron chi connectivity index (χ3n) is 5.07. The first kappa shape index (κ1) is 20.1. The third-order valence-corrected chi connectivity index (χ3v) is 5.30. The van der Waals surface area contributed by atoms with E-state index in [4.69, 9.17) is 11.6 Å². The maximum Gasteiger partial charge on any atom is 0.258 e. The van der Waals surface area contributed by atoms with Gasteiger partial charge in [0.05, 0.1) is 5.56 Å². The first-order valence-electron chi connectivity index (χ1n) is 9.81. The Balaban J connectivity index is 1.48. The highest BCUT2D eigenvalue weighted by Gasteiger charge is 2.18. The fourth-order valence-electron chi connectivity index (χ4n) is 3.57. The molecule has 0 unspecified atom stereocenters. The predicted molar refractivity (Wildman–Crippen MR) is 113 cm³/mol. The lowest BCUT2D eigenvalue weighted by molar-refractivity contribution is -0.132. The minimum atomic E-state index is -0.537. The fourth-order valence-corrected chi connectivity index (χ4v) is 3.74. The minimum Gasteiger partial charge on any atom is -0.341 e. The van der Waals surface area contributed by atoms with E-state index in [1.54, 1.807) is 18.2 Å². The number of aromatic amines is 1. The molecule has 3 heterocycles. The Morgan fingerprint density at radius 1 is 1.13 bits per heavy atom. The number of rotatable bonds is 4. The monoisotopic (exact) mass is 428 g/mol. The summed E-state index contributed by atoms with van der Waals surface area (Å²) < 4.78 is 1.40. The van der Waals surface area contributed by atoms with E-state index in [0.29, 0.717) is 15.9 Å². The van der Waals surface area contributed by atoms with Crippen molar-refractivity contribution in [1.29, 1.82) is 0 Å². The Bertz CT molecular complexity index is 1150. The number of anilines is 1. The Morgan fingerprint density at radius 3 is 2.67 bits per heavy atom. The molecule has 1 aromatic carbocycles. The van der Waals surface area contributed by atoms with E-state index in [-0.39, 0.29) is 24.0 Å². The first-order chi connectivity index (χ1) is 14.5. The SMILES string of the molecule is O=C(Nc1ncn(CC(=O)N2CCCCCC2)n1)c1cc(=O)[nH]c2ccc(Cl)cc12. The van der Waals surface area contributed by atoms with Crippen LogP contribution >= 0.6 is 11.6 Å². The van der Waals surface area contributed by atoms with Crippen molar-refractivity contribution in [1.82, 2.24) is 24.6 Å². The number of hydrogen-bond donors (Lipinski definition) is 2. The highest BCUT2D eigenvalue weighted by atomic mass is 35.5. The van der Waals surface area contributed by atoms with Crippen molar-refractivity contribution in [3.05, 3.63) is 51.5 Å². The number of fused-ring (bicyclic) bond motifs is 1. The number of likely N-dealkylation sites (tertiary alicyclic amines) is 1. The Labute approximate surface area is 177 Å². The van der Waals surface area contributed by atoms with E-state index in [1.807, 2.05) is 4.90 Å². The molecule has 1 saturated heterocycles. The molecule has 0 bridgehead atoms. The van der Waals surface area contributed by atoms with Crippen molar-refractivity contribution >= 4 is 40.3 Å². The van der Waals surface area contributed by atoms with E-state index in [1.165, 1.54) is 17.1 Å². The number of carbonyl (C=O) groups is 2. The van der Waals surface area contributed by atoms with Crippen LogP contribution in [0.1, 0.15) is 36.0 Å². The molecule has 1 aliphatic heterocycles. The highest BCUT2D eigenvalue weighted by Crippen LogP contribution is 2.20. The summed E-state index contributed by atoms with van der Waals surface area (Å²) in [6.07, 6.45) is 5.71. The summed E-state index contributed by atoms with van der Waals surface area (Å²) in [7, 11) is 0. The topological polar surface area (TPSA) is 113 Å². The van der Waals surface area contributed by atoms with E-state index < -0.39 is 11.5 Å². The van der Waals surface area contributed by atoms with Gasteiger partial charge in [0, 0.05) is 35.1 Å². The number of aromatic nitrogens is 4. The number of amides is 2. The van der Waals surface area contributed by atoms with Crippen LogP contribution in [-0.4, -0.2) is 49.6 Å². The van der Waals surface area contributed by atoms with Crippen molar-refractivity contribution in [2.45, 2.75) is 32.2 Å². The molecule has 30 heavy (non-hydrogen) atoms. The van der Waals surface area contributed by atoms with Crippen LogP contribution in [0, 0.1) is 0 Å². The number of nitrogens with one attached hydrogen (secondary N) is 2. The number of H-pyrrole nitrogens is 1. The summed E-state index contributed by atoms with van der Waals surface area (Å²) in [4.78, 5) is 45.7. The molecule has 2 N–H and O–H groups in total. The fraction of sp³-hybridized carbons (Fsp3) is 0.350. The van der Waals surface area contributed by atoms with Crippen LogP contribution in [0.25, 0.3) is 10.9 Å². The number of nitrogens with zero attached hydrogens (tertiary/aromatic N) is 4. The van der Waals surface area contributed by atoms with Crippen LogP contribution in [0.3, 0.4) is 0 Å².